The first-order chi connectivity index (χ1) is 9.15. The van der Waals surface area contributed by atoms with Gasteiger partial charge in [-0.05, 0) is 31.2 Å². The Hall–Kier alpha value is -1.98. The second-order valence-electron chi connectivity index (χ2n) is 4.34. The molecular formula is C13H12ClN5. The molecule has 6 heteroatoms. The summed E-state index contributed by atoms with van der Waals surface area (Å²) < 4.78 is 1.68. The predicted octanol–water partition coefficient (Wildman–Crippen LogP) is 2.46. The highest BCUT2D eigenvalue weighted by atomic mass is 35.5. The van der Waals surface area contributed by atoms with Gasteiger partial charge in [0.2, 0.25) is 0 Å². The highest BCUT2D eigenvalue weighted by molar-refractivity contribution is 6.30. The van der Waals surface area contributed by atoms with Crippen LogP contribution in [0.1, 0.15) is 18.8 Å². The Kier molecular flexibility index (Phi) is 2.93. The second-order valence-corrected chi connectivity index (χ2v) is 4.78. The van der Waals surface area contributed by atoms with E-state index in [2.05, 4.69) is 15.3 Å². The Labute approximate surface area is 115 Å². The lowest BCUT2D eigenvalue weighted by atomic mass is 10.1. The third-order valence-corrected chi connectivity index (χ3v) is 3.09. The van der Waals surface area contributed by atoms with Crippen LogP contribution < -0.4 is 5.73 Å². The van der Waals surface area contributed by atoms with Gasteiger partial charge < -0.3 is 5.73 Å². The van der Waals surface area contributed by atoms with Gasteiger partial charge in [0.1, 0.15) is 0 Å². The van der Waals surface area contributed by atoms with E-state index >= 15 is 0 Å². The molecule has 0 bridgehead atoms. The van der Waals surface area contributed by atoms with Crippen molar-refractivity contribution in [2.75, 3.05) is 0 Å². The molecule has 2 heterocycles. The Balaban J connectivity index is 2.14. The summed E-state index contributed by atoms with van der Waals surface area (Å²) in [7, 11) is 0. The fourth-order valence-electron chi connectivity index (χ4n) is 1.86. The minimum absolute atomic E-state index is 0.219. The summed E-state index contributed by atoms with van der Waals surface area (Å²) in [6, 6.07) is 11.1. The van der Waals surface area contributed by atoms with E-state index in [0.717, 1.165) is 11.3 Å². The Morgan fingerprint density at radius 2 is 1.84 bits per heavy atom. The van der Waals surface area contributed by atoms with Gasteiger partial charge in [0.25, 0.3) is 0 Å². The van der Waals surface area contributed by atoms with E-state index in [-0.39, 0.29) is 6.04 Å². The average molecular weight is 274 g/mol. The maximum Gasteiger partial charge on any atom is 0.178 e. The quantitative estimate of drug-likeness (QED) is 0.779. The number of fused-ring (bicyclic) bond motifs is 1. The van der Waals surface area contributed by atoms with Gasteiger partial charge in [0.05, 0.1) is 11.7 Å². The Morgan fingerprint density at radius 3 is 2.53 bits per heavy atom. The van der Waals surface area contributed by atoms with Gasteiger partial charge in [-0.3, -0.25) is 0 Å². The zero-order valence-corrected chi connectivity index (χ0v) is 11.0. The molecule has 3 aromatic rings. The zero-order valence-electron chi connectivity index (χ0n) is 10.3. The van der Waals surface area contributed by atoms with Crippen LogP contribution in [0.5, 0.6) is 0 Å². The number of rotatable bonds is 2. The molecule has 0 unspecified atom stereocenters. The van der Waals surface area contributed by atoms with Gasteiger partial charge in [-0.2, -0.15) is 9.61 Å². The molecule has 5 nitrogen and oxygen atoms in total. The minimum Gasteiger partial charge on any atom is -0.321 e. The molecule has 96 valence electrons. The van der Waals surface area contributed by atoms with E-state index in [1.54, 1.807) is 4.52 Å². The van der Waals surface area contributed by atoms with Crippen LogP contribution in [0.4, 0.5) is 0 Å². The molecule has 0 saturated carbocycles. The van der Waals surface area contributed by atoms with Crippen molar-refractivity contribution in [1.29, 1.82) is 0 Å². The molecule has 0 fully saturated rings. The van der Waals surface area contributed by atoms with Gasteiger partial charge >= 0.3 is 0 Å². The summed E-state index contributed by atoms with van der Waals surface area (Å²) in [4.78, 5) is 0. The molecular weight excluding hydrogens is 262 g/mol. The van der Waals surface area contributed by atoms with Crippen molar-refractivity contribution in [2.24, 2.45) is 5.73 Å². The monoisotopic (exact) mass is 273 g/mol. The standard InChI is InChI=1S/C13H12ClN5/c1-8(15)13-17-16-12-7-6-11(18-19(12)13)9-2-4-10(14)5-3-9/h2-8H,15H2,1H3/t8-/m0/s1. The van der Waals surface area contributed by atoms with Crippen LogP contribution in [0.15, 0.2) is 36.4 Å². The minimum atomic E-state index is -0.219. The Bertz CT molecular complexity index is 717. The number of benzene rings is 1. The lowest BCUT2D eigenvalue weighted by Crippen LogP contribution is -2.11. The maximum absolute atomic E-state index is 5.88. The first-order valence-corrected chi connectivity index (χ1v) is 6.27. The molecule has 0 saturated heterocycles. The molecule has 0 spiro atoms. The van der Waals surface area contributed by atoms with Crippen molar-refractivity contribution in [3.05, 3.63) is 47.2 Å². The molecule has 0 radical (unpaired) electrons. The molecule has 19 heavy (non-hydrogen) atoms. The summed E-state index contributed by atoms with van der Waals surface area (Å²) in [5.74, 6) is 0.644. The highest BCUT2D eigenvalue weighted by Crippen LogP contribution is 2.20. The van der Waals surface area contributed by atoms with E-state index in [4.69, 9.17) is 17.3 Å². The lowest BCUT2D eigenvalue weighted by molar-refractivity contribution is 0.696. The van der Waals surface area contributed by atoms with Crippen molar-refractivity contribution >= 4 is 17.2 Å². The summed E-state index contributed by atoms with van der Waals surface area (Å²) in [5, 5.41) is 13.3. The van der Waals surface area contributed by atoms with E-state index in [9.17, 15) is 0 Å². The molecule has 0 aliphatic heterocycles. The van der Waals surface area contributed by atoms with Gasteiger partial charge in [-0.15, -0.1) is 10.2 Å². The van der Waals surface area contributed by atoms with Crippen molar-refractivity contribution in [3.8, 4) is 11.3 Å². The van der Waals surface area contributed by atoms with Crippen molar-refractivity contribution < 1.29 is 0 Å². The number of hydrogen-bond acceptors (Lipinski definition) is 4. The van der Waals surface area contributed by atoms with Crippen molar-refractivity contribution in [3.63, 3.8) is 0 Å². The molecule has 0 aliphatic carbocycles. The van der Waals surface area contributed by atoms with Crippen LogP contribution in [0.25, 0.3) is 16.9 Å². The number of nitrogens with two attached hydrogens (primary N) is 1. The predicted molar refractivity (Wildman–Crippen MR) is 73.8 cm³/mol. The van der Waals surface area contributed by atoms with Crippen LogP contribution in [-0.2, 0) is 0 Å². The SMILES string of the molecule is C[C@H](N)c1nnc2ccc(-c3ccc(Cl)cc3)nn12. The second kappa shape index (κ2) is 4.60. The topological polar surface area (TPSA) is 69.1 Å². The summed E-state index contributed by atoms with van der Waals surface area (Å²) in [6.07, 6.45) is 0. The van der Waals surface area contributed by atoms with Gasteiger partial charge in [-0.25, -0.2) is 0 Å². The smallest absolute Gasteiger partial charge is 0.178 e. The first kappa shape index (κ1) is 12.1. The Morgan fingerprint density at radius 1 is 1.11 bits per heavy atom. The van der Waals surface area contributed by atoms with Crippen molar-refractivity contribution in [2.45, 2.75) is 13.0 Å². The van der Waals surface area contributed by atoms with Crippen LogP contribution in [0, 0.1) is 0 Å². The van der Waals surface area contributed by atoms with Crippen LogP contribution >= 0.6 is 11.6 Å². The van der Waals surface area contributed by atoms with Gasteiger partial charge in [0, 0.05) is 10.6 Å². The third-order valence-electron chi connectivity index (χ3n) is 2.83. The lowest BCUT2D eigenvalue weighted by Gasteiger charge is -2.05. The molecule has 1 atom stereocenters. The molecule has 2 aromatic heterocycles. The number of aromatic nitrogens is 4. The van der Waals surface area contributed by atoms with E-state index < -0.39 is 0 Å². The van der Waals surface area contributed by atoms with Gasteiger partial charge in [-0.1, -0.05) is 23.7 Å². The normalized spacial score (nSPS) is 12.8. The molecule has 2 N–H and O–H groups in total. The van der Waals surface area contributed by atoms with Crippen molar-refractivity contribution in [1.82, 2.24) is 19.8 Å². The summed E-state index contributed by atoms with van der Waals surface area (Å²) >= 11 is 5.88. The fraction of sp³-hybridized carbons (Fsp3) is 0.154. The highest BCUT2D eigenvalue weighted by Gasteiger charge is 2.11. The average Bonchev–Trinajstić information content (AvgIpc) is 2.82. The first-order valence-electron chi connectivity index (χ1n) is 5.89. The molecule has 1 aromatic carbocycles. The number of hydrogen-bond donors (Lipinski definition) is 1. The van der Waals surface area contributed by atoms with Crippen LogP contribution in [0.3, 0.4) is 0 Å². The van der Waals surface area contributed by atoms with Gasteiger partial charge in [0.15, 0.2) is 11.5 Å². The van der Waals surface area contributed by atoms with Crippen LogP contribution in [-0.4, -0.2) is 19.8 Å². The number of halogens is 1. The van der Waals surface area contributed by atoms with Crippen LogP contribution in [0.2, 0.25) is 5.02 Å². The molecule has 0 amide bonds. The fourth-order valence-corrected chi connectivity index (χ4v) is 1.99. The zero-order chi connectivity index (χ0) is 13.4. The van der Waals surface area contributed by atoms with E-state index in [1.807, 2.05) is 43.3 Å². The third kappa shape index (κ3) is 2.18. The maximum atomic E-state index is 5.88. The molecule has 0 aliphatic rings. The summed E-state index contributed by atoms with van der Waals surface area (Å²) in [6.45, 7) is 1.85. The summed E-state index contributed by atoms with van der Waals surface area (Å²) in [5.41, 5.74) is 8.34. The van der Waals surface area contributed by atoms with E-state index in [0.29, 0.717) is 16.5 Å². The number of nitrogens with zero attached hydrogens (tertiary/aromatic N) is 4. The van der Waals surface area contributed by atoms with E-state index in [1.165, 1.54) is 0 Å². The largest absolute Gasteiger partial charge is 0.321 e. The molecule has 3 rings (SSSR count).